The van der Waals surface area contributed by atoms with E-state index in [-0.39, 0.29) is 11.9 Å². The van der Waals surface area contributed by atoms with Gasteiger partial charge in [-0.2, -0.15) is 0 Å². The van der Waals surface area contributed by atoms with Gasteiger partial charge in [-0.3, -0.25) is 4.79 Å². The number of carbonyl (C=O) groups is 1. The minimum atomic E-state index is -0.205. The Morgan fingerprint density at radius 3 is 2.76 bits per heavy atom. The molecule has 0 aliphatic carbocycles. The smallest absolute Gasteiger partial charge is 0.253 e. The van der Waals surface area contributed by atoms with Crippen LogP contribution >= 0.6 is 15.9 Å². The maximum absolute atomic E-state index is 12.3. The highest BCUT2D eigenvalue weighted by atomic mass is 79.9. The van der Waals surface area contributed by atoms with Crippen LogP contribution in [0.25, 0.3) is 0 Å². The van der Waals surface area contributed by atoms with Crippen molar-refractivity contribution in [2.45, 2.75) is 13.0 Å². The molecule has 110 valence electrons. The zero-order chi connectivity index (χ0) is 15.4. The highest BCUT2D eigenvalue weighted by Crippen LogP contribution is 2.21. The number of nitrogen functional groups attached to an aromatic ring is 1. The molecular weight excluding hydrogens is 332 g/mol. The molecule has 4 nitrogen and oxygen atoms in total. The first kappa shape index (κ1) is 15.4. The summed E-state index contributed by atoms with van der Waals surface area (Å²) in [5, 5.41) is 2.94. The number of methoxy groups -OCH3 is 1. The van der Waals surface area contributed by atoms with Gasteiger partial charge in [0.25, 0.3) is 5.91 Å². The number of amides is 1. The van der Waals surface area contributed by atoms with Gasteiger partial charge in [-0.25, -0.2) is 0 Å². The summed E-state index contributed by atoms with van der Waals surface area (Å²) in [5.74, 6) is 0.555. The van der Waals surface area contributed by atoms with E-state index in [9.17, 15) is 4.79 Å². The predicted molar refractivity (Wildman–Crippen MR) is 87.4 cm³/mol. The van der Waals surface area contributed by atoms with E-state index < -0.39 is 0 Å². The van der Waals surface area contributed by atoms with Crippen LogP contribution in [0.1, 0.15) is 28.9 Å². The van der Waals surface area contributed by atoms with Crippen LogP contribution in [-0.2, 0) is 0 Å². The third-order valence-electron chi connectivity index (χ3n) is 3.20. The number of hydrogen-bond acceptors (Lipinski definition) is 3. The monoisotopic (exact) mass is 348 g/mol. The average molecular weight is 349 g/mol. The standard InChI is InChI=1S/C16H17BrN2O2/c1-10(11-4-3-5-13(8-11)21-2)19-16(20)14-9-12(17)6-7-15(14)18/h3-10H,18H2,1-2H3,(H,19,20)/t10-/m0/s1. The Morgan fingerprint density at radius 1 is 1.29 bits per heavy atom. The number of hydrogen-bond donors (Lipinski definition) is 2. The van der Waals surface area contributed by atoms with Crippen LogP contribution in [0.15, 0.2) is 46.9 Å². The first-order valence-corrected chi connectivity index (χ1v) is 7.30. The van der Waals surface area contributed by atoms with Crippen LogP contribution in [-0.4, -0.2) is 13.0 Å². The van der Waals surface area contributed by atoms with Crippen LogP contribution in [0, 0.1) is 0 Å². The Balaban J connectivity index is 2.16. The Kier molecular flexibility index (Phi) is 4.85. The highest BCUT2D eigenvalue weighted by Gasteiger charge is 2.14. The maximum atomic E-state index is 12.3. The predicted octanol–water partition coefficient (Wildman–Crippen LogP) is 3.53. The largest absolute Gasteiger partial charge is 0.497 e. The van der Waals surface area contributed by atoms with Gasteiger partial charge in [0.2, 0.25) is 0 Å². The van der Waals surface area contributed by atoms with E-state index >= 15 is 0 Å². The number of ether oxygens (including phenoxy) is 1. The molecule has 0 radical (unpaired) electrons. The molecule has 1 amide bonds. The van der Waals surface area contributed by atoms with Gasteiger partial charge in [0.15, 0.2) is 0 Å². The van der Waals surface area contributed by atoms with E-state index in [2.05, 4.69) is 21.2 Å². The number of carbonyl (C=O) groups excluding carboxylic acids is 1. The third kappa shape index (κ3) is 3.76. The van der Waals surface area contributed by atoms with Gasteiger partial charge in [0.1, 0.15) is 5.75 Å². The molecule has 0 fully saturated rings. The lowest BCUT2D eigenvalue weighted by Crippen LogP contribution is -2.27. The van der Waals surface area contributed by atoms with E-state index in [1.165, 1.54) is 0 Å². The maximum Gasteiger partial charge on any atom is 0.253 e. The van der Waals surface area contributed by atoms with Crippen molar-refractivity contribution < 1.29 is 9.53 Å². The van der Waals surface area contributed by atoms with E-state index in [0.717, 1.165) is 15.8 Å². The molecule has 0 heterocycles. The molecular formula is C16H17BrN2O2. The summed E-state index contributed by atoms with van der Waals surface area (Å²) in [6.45, 7) is 1.92. The minimum Gasteiger partial charge on any atom is -0.497 e. The molecule has 0 aromatic heterocycles. The second-order valence-electron chi connectivity index (χ2n) is 4.70. The molecule has 2 aromatic carbocycles. The van der Waals surface area contributed by atoms with Crippen LogP contribution in [0.3, 0.4) is 0 Å². The van der Waals surface area contributed by atoms with Crippen LogP contribution < -0.4 is 15.8 Å². The highest BCUT2D eigenvalue weighted by molar-refractivity contribution is 9.10. The van der Waals surface area contributed by atoms with Crippen molar-refractivity contribution in [3.8, 4) is 5.75 Å². The van der Waals surface area contributed by atoms with Gasteiger partial charge in [-0.1, -0.05) is 28.1 Å². The molecule has 0 spiro atoms. The number of anilines is 1. The molecule has 0 saturated heterocycles. The summed E-state index contributed by atoms with van der Waals surface area (Å²) in [6.07, 6.45) is 0. The number of benzene rings is 2. The molecule has 0 aliphatic heterocycles. The normalized spacial score (nSPS) is 11.8. The van der Waals surface area contributed by atoms with Gasteiger partial charge in [-0.05, 0) is 42.8 Å². The SMILES string of the molecule is COc1cccc([C@H](C)NC(=O)c2cc(Br)ccc2N)c1. The minimum absolute atomic E-state index is 0.147. The van der Waals surface area contributed by atoms with E-state index in [4.69, 9.17) is 10.5 Å². The fourth-order valence-electron chi connectivity index (χ4n) is 1.99. The lowest BCUT2D eigenvalue weighted by molar-refractivity contribution is 0.0940. The van der Waals surface area contributed by atoms with Crippen molar-refractivity contribution in [2.75, 3.05) is 12.8 Å². The molecule has 21 heavy (non-hydrogen) atoms. The van der Waals surface area contributed by atoms with E-state index in [0.29, 0.717) is 11.3 Å². The number of nitrogens with two attached hydrogens (primary N) is 1. The topological polar surface area (TPSA) is 64.3 Å². The zero-order valence-corrected chi connectivity index (χ0v) is 13.5. The molecule has 1 atom stereocenters. The Hall–Kier alpha value is -2.01. The second-order valence-corrected chi connectivity index (χ2v) is 5.62. The molecule has 2 aromatic rings. The van der Waals surface area contributed by atoms with Crippen molar-refractivity contribution in [2.24, 2.45) is 0 Å². The first-order chi connectivity index (χ1) is 10.0. The first-order valence-electron chi connectivity index (χ1n) is 6.51. The third-order valence-corrected chi connectivity index (χ3v) is 3.69. The van der Waals surface area contributed by atoms with Gasteiger partial charge < -0.3 is 15.8 Å². The van der Waals surface area contributed by atoms with Crippen LogP contribution in [0.2, 0.25) is 0 Å². The summed E-state index contributed by atoms with van der Waals surface area (Å²) in [5.41, 5.74) is 7.73. The van der Waals surface area contributed by atoms with Crippen LogP contribution in [0.5, 0.6) is 5.75 Å². The second kappa shape index (κ2) is 6.63. The summed E-state index contributed by atoms with van der Waals surface area (Å²) in [7, 11) is 1.62. The fraction of sp³-hybridized carbons (Fsp3) is 0.188. The molecule has 0 saturated carbocycles. The molecule has 5 heteroatoms. The number of rotatable bonds is 4. The lowest BCUT2D eigenvalue weighted by atomic mass is 10.1. The van der Waals surface area contributed by atoms with Crippen molar-refractivity contribution in [3.63, 3.8) is 0 Å². The Bertz CT molecular complexity index is 658. The van der Waals surface area contributed by atoms with Gasteiger partial charge in [0.05, 0.1) is 18.7 Å². The quantitative estimate of drug-likeness (QED) is 0.830. The molecule has 0 bridgehead atoms. The van der Waals surface area contributed by atoms with Crippen molar-refractivity contribution in [1.82, 2.24) is 5.32 Å². The van der Waals surface area contributed by atoms with Crippen molar-refractivity contribution in [3.05, 3.63) is 58.1 Å². The Labute approximate surface area is 132 Å². The van der Waals surface area contributed by atoms with Crippen molar-refractivity contribution in [1.29, 1.82) is 0 Å². The van der Waals surface area contributed by atoms with Gasteiger partial charge >= 0.3 is 0 Å². The molecule has 2 rings (SSSR count). The lowest BCUT2D eigenvalue weighted by Gasteiger charge is -2.16. The van der Waals surface area contributed by atoms with Crippen molar-refractivity contribution >= 4 is 27.5 Å². The average Bonchev–Trinajstić information content (AvgIpc) is 2.49. The molecule has 0 aliphatic rings. The van der Waals surface area contributed by atoms with E-state index in [1.54, 1.807) is 25.3 Å². The fourth-order valence-corrected chi connectivity index (χ4v) is 2.35. The zero-order valence-electron chi connectivity index (χ0n) is 11.9. The van der Waals surface area contributed by atoms with Gasteiger partial charge in [0, 0.05) is 10.2 Å². The van der Waals surface area contributed by atoms with Gasteiger partial charge in [-0.15, -0.1) is 0 Å². The number of nitrogens with one attached hydrogen (secondary N) is 1. The number of halogens is 1. The molecule has 0 unspecified atom stereocenters. The summed E-state index contributed by atoms with van der Waals surface area (Å²) in [4.78, 5) is 12.3. The summed E-state index contributed by atoms with van der Waals surface area (Å²) >= 11 is 3.34. The van der Waals surface area contributed by atoms with E-state index in [1.807, 2.05) is 31.2 Å². The molecule has 3 N–H and O–H groups in total. The Morgan fingerprint density at radius 2 is 2.05 bits per heavy atom. The summed E-state index contributed by atoms with van der Waals surface area (Å²) in [6, 6.07) is 12.7. The van der Waals surface area contributed by atoms with Crippen LogP contribution in [0.4, 0.5) is 5.69 Å². The summed E-state index contributed by atoms with van der Waals surface area (Å²) < 4.78 is 6.01.